The summed E-state index contributed by atoms with van der Waals surface area (Å²) in [6.45, 7) is 4.52. The SMILES string of the molecule is CC1Cc2cccc(CC3CCNCC3)c2O1. The van der Waals surface area contributed by atoms with Crippen molar-refractivity contribution < 1.29 is 4.74 Å². The summed E-state index contributed by atoms with van der Waals surface area (Å²) in [5.74, 6) is 2.03. The van der Waals surface area contributed by atoms with Crippen LogP contribution in [0.2, 0.25) is 0 Å². The van der Waals surface area contributed by atoms with Crippen molar-refractivity contribution in [3.05, 3.63) is 29.3 Å². The Kier molecular flexibility index (Phi) is 3.06. The van der Waals surface area contributed by atoms with E-state index in [0.717, 1.165) is 12.3 Å². The second kappa shape index (κ2) is 4.69. The Hall–Kier alpha value is -1.02. The summed E-state index contributed by atoms with van der Waals surface area (Å²) >= 11 is 0. The number of hydrogen-bond donors (Lipinski definition) is 1. The molecule has 92 valence electrons. The van der Waals surface area contributed by atoms with Crippen LogP contribution >= 0.6 is 0 Å². The van der Waals surface area contributed by atoms with E-state index >= 15 is 0 Å². The van der Waals surface area contributed by atoms with Crippen LogP contribution in [0.5, 0.6) is 5.75 Å². The Morgan fingerprint density at radius 3 is 2.94 bits per heavy atom. The topological polar surface area (TPSA) is 21.3 Å². The molecule has 0 amide bonds. The summed E-state index contributed by atoms with van der Waals surface area (Å²) in [6, 6.07) is 6.65. The van der Waals surface area contributed by atoms with Gasteiger partial charge in [0.15, 0.2) is 0 Å². The molecule has 3 rings (SSSR count). The number of hydrogen-bond acceptors (Lipinski definition) is 2. The largest absolute Gasteiger partial charge is 0.490 e. The Morgan fingerprint density at radius 2 is 2.12 bits per heavy atom. The lowest BCUT2D eigenvalue weighted by molar-refractivity contribution is 0.250. The molecule has 0 aliphatic carbocycles. The van der Waals surface area contributed by atoms with Gasteiger partial charge in [-0.3, -0.25) is 0 Å². The van der Waals surface area contributed by atoms with E-state index in [-0.39, 0.29) is 0 Å². The molecule has 0 aromatic heterocycles. The third-order valence-corrected chi connectivity index (χ3v) is 3.97. The zero-order valence-corrected chi connectivity index (χ0v) is 10.5. The Balaban J connectivity index is 1.77. The van der Waals surface area contributed by atoms with Crippen molar-refractivity contribution >= 4 is 0 Å². The van der Waals surface area contributed by atoms with Crippen molar-refractivity contribution in [2.75, 3.05) is 13.1 Å². The van der Waals surface area contributed by atoms with Gasteiger partial charge >= 0.3 is 0 Å². The monoisotopic (exact) mass is 231 g/mol. The van der Waals surface area contributed by atoms with E-state index in [0.29, 0.717) is 6.10 Å². The standard InChI is InChI=1S/C15H21NO/c1-11-9-13-3-2-4-14(15(13)17-11)10-12-5-7-16-8-6-12/h2-4,11-12,16H,5-10H2,1H3. The summed E-state index contributed by atoms with van der Waals surface area (Å²) in [5, 5.41) is 3.43. The van der Waals surface area contributed by atoms with E-state index in [1.54, 1.807) is 0 Å². The van der Waals surface area contributed by atoms with Gasteiger partial charge in [-0.05, 0) is 56.3 Å². The van der Waals surface area contributed by atoms with Gasteiger partial charge in [0.25, 0.3) is 0 Å². The van der Waals surface area contributed by atoms with E-state index in [1.807, 2.05) is 0 Å². The molecular weight excluding hydrogens is 210 g/mol. The second-order valence-electron chi connectivity index (χ2n) is 5.44. The highest BCUT2D eigenvalue weighted by Crippen LogP contribution is 2.34. The lowest BCUT2D eigenvalue weighted by Gasteiger charge is -2.23. The summed E-state index contributed by atoms with van der Waals surface area (Å²) < 4.78 is 5.96. The van der Waals surface area contributed by atoms with Crippen LogP contribution in [-0.4, -0.2) is 19.2 Å². The molecule has 17 heavy (non-hydrogen) atoms. The van der Waals surface area contributed by atoms with Gasteiger partial charge in [-0.25, -0.2) is 0 Å². The first kappa shape index (κ1) is 11.1. The Bertz CT molecular complexity index is 396. The van der Waals surface area contributed by atoms with Gasteiger partial charge in [-0.2, -0.15) is 0 Å². The molecule has 2 aliphatic rings. The van der Waals surface area contributed by atoms with Gasteiger partial charge in [0, 0.05) is 6.42 Å². The van der Waals surface area contributed by atoms with E-state index in [1.165, 1.54) is 49.2 Å². The first-order chi connectivity index (χ1) is 8.33. The molecule has 1 aromatic rings. The molecule has 2 aliphatic heterocycles. The molecular formula is C15H21NO. The second-order valence-corrected chi connectivity index (χ2v) is 5.44. The van der Waals surface area contributed by atoms with E-state index in [4.69, 9.17) is 4.74 Å². The zero-order chi connectivity index (χ0) is 11.7. The normalized spacial score (nSPS) is 24.4. The number of rotatable bonds is 2. The molecule has 0 radical (unpaired) electrons. The smallest absolute Gasteiger partial charge is 0.126 e. The Labute approximate surface area is 103 Å². The molecule has 2 heteroatoms. The molecule has 1 saturated heterocycles. The van der Waals surface area contributed by atoms with Crippen LogP contribution in [0.4, 0.5) is 0 Å². The van der Waals surface area contributed by atoms with Crippen LogP contribution in [0, 0.1) is 5.92 Å². The van der Waals surface area contributed by atoms with Gasteiger partial charge in [-0.15, -0.1) is 0 Å². The third kappa shape index (κ3) is 2.32. The molecule has 1 N–H and O–H groups in total. The minimum Gasteiger partial charge on any atom is -0.490 e. The highest BCUT2D eigenvalue weighted by molar-refractivity contribution is 5.44. The van der Waals surface area contributed by atoms with Crippen LogP contribution in [-0.2, 0) is 12.8 Å². The highest BCUT2D eigenvalue weighted by atomic mass is 16.5. The summed E-state index contributed by atoms with van der Waals surface area (Å²) in [5.41, 5.74) is 2.84. The molecule has 0 bridgehead atoms. The van der Waals surface area contributed by atoms with E-state index < -0.39 is 0 Å². The maximum Gasteiger partial charge on any atom is 0.126 e. The van der Waals surface area contributed by atoms with Crippen LogP contribution < -0.4 is 10.1 Å². The molecule has 2 nitrogen and oxygen atoms in total. The number of benzene rings is 1. The van der Waals surface area contributed by atoms with Gasteiger partial charge in [0.05, 0.1) is 0 Å². The van der Waals surface area contributed by atoms with E-state index in [9.17, 15) is 0 Å². The number of fused-ring (bicyclic) bond motifs is 1. The van der Waals surface area contributed by atoms with Gasteiger partial charge in [-0.1, -0.05) is 18.2 Å². The van der Waals surface area contributed by atoms with E-state index in [2.05, 4.69) is 30.4 Å². The quantitative estimate of drug-likeness (QED) is 0.844. The molecule has 1 unspecified atom stereocenters. The van der Waals surface area contributed by atoms with Gasteiger partial charge in [0.2, 0.25) is 0 Å². The van der Waals surface area contributed by atoms with Crippen molar-refractivity contribution in [1.82, 2.24) is 5.32 Å². The lowest BCUT2D eigenvalue weighted by Crippen LogP contribution is -2.28. The highest BCUT2D eigenvalue weighted by Gasteiger charge is 2.23. The third-order valence-electron chi connectivity index (χ3n) is 3.97. The van der Waals surface area contributed by atoms with Crippen LogP contribution in [0.15, 0.2) is 18.2 Å². The maximum atomic E-state index is 5.96. The van der Waals surface area contributed by atoms with Crippen molar-refractivity contribution in [2.45, 2.75) is 38.7 Å². The van der Waals surface area contributed by atoms with Gasteiger partial charge < -0.3 is 10.1 Å². The summed E-state index contributed by atoms with van der Waals surface area (Å²) in [6.07, 6.45) is 5.24. The maximum absolute atomic E-state index is 5.96. The molecule has 0 saturated carbocycles. The first-order valence-electron chi connectivity index (χ1n) is 6.81. The van der Waals surface area contributed by atoms with Crippen LogP contribution in [0.3, 0.4) is 0 Å². The van der Waals surface area contributed by atoms with Crippen molar-refractivity contribution in [3.63, 3.8) is 0 Å². The van der Waals surface area contributed by atoms with Crippen LogP contribution in [0.1, 0.15) is 30.9 Å². The number of para-hydroxylation sites is 1. The predicted octanol–water partition coefficient (Wildman–Crippen LogP) is 2.55. The van der Waals surface area contributed by atoms with Crippen molar-refractivity contribution in [3.8, 4) is 5.75 Å². The first-order valence-corrected chi connectivity index (χ1v) is 6.81. The van der Waals surface area contributed by atoms with Crippen molar-refractivity contribution in [2.24, 2.45) is 5.92 Å². The fraction of sp³-hybridized carbons (Fsp3) is 0.600. The molecule has 1 fully saturated rings. The van der Waals surface area contributed by atoms with Crippen LogP contribution in [0.25, 0.3) is 0 Å². The predicted molar refractivity (Wildman–Crippen MR) is 69.5 cm³/mol. The summed E-state index contributed by atoms with van der Waals surface area (Å²) in [7, 11) is 0. The minimum atomic E-state index is 0.360. The zero-order valence-electron chi connectivity index (χ0n) is 10.5. The molecule has 1 atom stereocenters. The molecule has 1 aromatic carbocycles. The van der Waals surface area contributed by atoms with Gasteiger partial charge in [0.1, 0.15) is 11.9 Å². The number of piperidine rings is 1. The average Bonchev–Trinajstić information content (AvgIpc) is 2.72. The van der Waals surface area contributed by atoms with Crippen molar-refractivity contribution in [1.29, 1.82) is 0 Å². The Morgan fingerprint density at radius 1 is 1.29 bits per heavy atom. The minimum absolute atomic E-state index is 0.360. The lowest BCUT2D eigenvalue weighted by atomic mass is 9.90. The molecule has 0 spiro atoms. The fourth-order valence-corrected chi connectivity index (χ4v) is 3.06. The number of ether oxygens (including phenoxy) is 1. The summed E-state index contributed by atoms with van der Waals surface area (Å²) in [4.78, 5) is 0. The fourth-order valence-electron chi connectivity index (χ4n) is 3.06. The average molecular weight is 231 g/mol. The number of nitrogens with one attached hydrogen (secondary N) is 1. The molecule has 2 heterocycles.